The Morgan fingerprint density at radius 2 is 0.957 bits per heavy atom. The molecular weight excluding hydrogens is 587 g/mol. The molecule has 224 valence electrons. The Kier molecular flexibility index (Phi) is 6.41. The molecule has 0 aliphatic heterocycles. The van der Waals surface area contributed by atoms with Crippen LogP contribution in [0.2, 0.25) is 0 Å². The summed E-state index contributed by atoms with van der Waals surface area (Å²) in [6.07, 6.45) is 0. The molecule has 0 bridgehead atoms. The van der Waals surface area contributed by atoms with Crippen molar-refractivity contribution in [1.29, 1.82) is 0 Å². The maximum Gasteiger partial charge on any atom is 0.0476 e. The minimum atomic E-state index is 0.0143. The van der Waals surface area contributed by atoms with Crippen LogP contribution < -0.4 is 4.90 Å². The first kappa shape index (κ1) is 27.8. The van der Waals surface area contributed by atoms with Crippen molar-refractivity contribution in [2.45, 2.75) is 19.3 Å². The van der Waals surface area contributed by atoms with E-state index in [2.05, 4.69) is 183 Å². The van der Waals surface area contributed by atoms with Crippen molar-refractivity contribution in [1.82, 2.24) is 0 Å². The Labute approximate surface area is 280 Å². The summed E-state index contributed by atoms with van der Waals surface area (Å²) < 4.78 is 2.62. The molecule has 1 aliphatic carbocycles. The van der Waals surface area contributed by atoms with Gasteiger partial charge in [0.2, 0.25) is 0 Å². The molecule has 0 spiro atoms. The molecule has 8 aromatic rings. The van der Waals surface area contributed by atoms with E-state index in [0.29, 0.717) is 0 Å². The Hall–Kier alpha value is -5.44. The van der Waals surface area contributed by atoms with Gasteiger partial charge < -0.3 is 4.90 Å². The van der Waals surface area contributed by atoms with Gasteiger partial charge in [-0.25, -0.2) is 0 Å². The van der Waals surface area contributed by atoms with Crippen LogP contribution in [-0.4, -0.2) is 0 Å². The first-order valence-corrected chi connectivity index (χ1v) is 17.1. The largest absolute Gasteiger partial charge is 0.310 e. The molecular formula is C45H33NS. The zero-order valence-corrected chi connectivity index (χ0v) is 27.3. The Balaban J connectivity index is 1.13. The molecule has 1 heterocycles. The van der Waals surface area contributed by atoms with Gasteiger partial charge in [0.05, 0.1) is 0 Å². The maximum atomic E-state index is 2.38. The average molecular weight is 620 g/mol. The number of fused-ring (bicyclic) bond motifs is 6. The van der Waals surface area contributed by atoms with Crippen LogP contribution in [0.15, 0.2) is 164 Å². The maximum absolute atomic E-state index is 2.38. The van der Waals surface area contributed by atoms with E-state index in [1.165, 1.54) is 64.7 Å². The molecule has 47 heavy (non-hydrogen) atoms. The summed E-state index contributed by atoms with van der Waals surface area (Å²) in [7, 11) is 0. The van der Waals surface area contributed by atoms with Crippen LogP contribution >= 0.6 is 11.3 Å². The van der Waals surface area contributed by atoms with Gasteiger partial charge >= 0.3 is 0 Å². The van der Waals surface area contributed by atoms with Crippen molar-refractivity contribution in [3.63, 3.8) is 0 Å². The lowest BCUT2D eigenvalue weighted by molar-refractivity contribution is 0.660. The van der Waals surface area contributed by atoms with Crippen molar-refractivity contribution in [2.75, 3.05) is 4.90 Å². The quantitative estimate of drug-likeness (QED) is 0.185. The highest BCUT2D eigenvalue weighted by Gasteiger charge is 2.35. The summed E-state index contributed by atoms with van der Waals surface area (Å²) in [4.78, 5) is 2.38. The van der Waals surface area contributed by atoms with Crippen LogP contribution in [0.5, 0.6) is 0 Å². The standard InChI is InChI=1S/C45H33NS/c1-45(2)41-14-8-6-12-37(41)40-28-33(20-27-42(40)45)32-18-23-35(24-19-32)46(34-21-16-31(17-22-34)30-10-4-3-5-11-30)36-25-26-39-38-13-7-9-15-43(38)47-44(39)29-36/h3-29H,1-2H3. The van der Waals surface area contributed by atoms with Crippen molar-refractivity contribution in [3.05, 3.63) is 175 Å². The van der Waals surface area contributed by atoms with Crippen molar-refractivity contribution >= 4 is 48.6 Å². The van der Waals surface area contributed by atoms with Crippen molar-refractivity contribution in [2.24, 2.45) is 0 Å². The Morgan fingerprint density at radius 1 is 0.404 bits per heavy atom. The van der Waals surface area contributed by atoms with Gasteiger partial charge in [-0.05, 0) is 93.0 Å². The van der Waals surface area contributed by atoms with E-state index in [0.717, 1.165) is 17.1 Å². The summed E-state index contributed by atoms with van der Waals surface area (Å²) in [5.41, 5.74) is 13.9. The third-order valence-electron chi connectivity index (χ3n) is 9.90. The van der Waals surface area contributed by atoms with Crippen LogP contribution in [0.3, 0.4) is 0 Å². The van der Waals surface area contributed by atoms with Gasteiger partial charge in [0.15, 0.2) is 0 Å². The van der Waals surface area contributed by atoms with Gasteiger partial charge in [0.25, 0.3) is 0 Å². The van der Waals surface area contributed by atoms with Gasteiger partial charge in [0.1, 0.15) is 0 Å². The lowest BCUT2D eigenvalue weighted by atomic mass is 9.82. The fraction of sp³-hybridized carbons (Fsp3) is 0.0667. The number of thiophene rings is 1. The summed E-state index contributed by atoms with van der Waals surface area (Å²) in [5.74, 6) is 0. The highest BCUT2D eigenvalue weighted by Crippen LogP contribution is 2.49. The molecule has 7 aromatic carbocycles. The zero-order chi connectivity index (χ0) is 31.5. The van der Waals surface area contributed by atoms with E-state index in [1.807, 2.05) is 11.3 Å². The molecule has 0 saturated heterocycles. The number of hydrogen-bond donors (Lipinski definition) is 0. The van der Waals surface area contributed by atoms with Crippen LogP contribution in [0, 0.1) is 0 Å². The molecule has 0 fully saturated rings. The third kappa shape index (κ3) is 4.60. The lowest BCUT2D eigenvalue weighted by Gasteiger charge is -2.26. The van der Waals surface area contributed by atoms with Crippen LogP contribution in [-0.2, 0) is 5.41 Å². The van der Waals surface area contributed by atoms with E-state index < -0.39 is 0 Å². The molecule has 1 aromatic heterocycles. The van der Waals surface area contributed by atoms with Crippen molar-refractivity contribution < 1.29 is 0 Å². The van der Waals surface area contributed by atoms with E-state index in [1.54, 1.807) is 0 Å². The zero-order valence-electron chi connectivity index (χ0n) is 26.4. The second kappa shape index (κ2) is 10.8. The average Bonchev–Trinajstić information content (AvgIpc) is 3.61. The van der Waals surface area contributed by atoms with Gasteiger partial charge in [-0.3, -0.25) is 0 Å². The number of rotatable bonds is 5. The minimum Gasteiger partial charge on any atom is -0.310 e. The van der Waals surface area contributed by atoms with Gasteiger partial charge in [0, 0.05) is 42.6 Å². The fourth-order valence-electron chi connectivity index (χ4n) is 7.44. The summed E-state index contributed by atoms with van der Waals surface area (Å²) >= 11 is 1.86. The number of nitrogens with zero attached hydrogens (tertiary/aromatic N) is 1. The molecule has 0 saturated carbocycles. The SMILES string of the molecule is CC1(C)c2ccccc2-c2cc(-c3ccc(N(c4ccc(-c5ccccc5)cc4)c4ccc5c(c4)sc4ccccc45)cc3)ccc21. The van der Waals surface area contributed by atoms with E-state index >= 15 is 0 Å². The highest BCUT2D eigenvalue weighted by atomic mass is 32.1. The predicted molar refractivity (Wildman–Crippen MR) is 202 cm³/mol. The number of anilines is 3. The van der Waals surface area contributed by atoms with Gasteiger partial charge in [-0.1, -0.05) is 129 Å². The monoisotopic (exact) mass is 619 g/mol. The highest BCUT2D eigenvalue weighted by molar-refractivity contribution is 7.25. The molecule has 0 N–H and O–H groups in total. The Morgan fingerprint density at radius 3 is 1.72 bits per heavy atom. The minimum absolute atomic E-state index is 0.0143. The first-order chi connectivity index (χ1) is 23.0. The van der Waals surface area contributed by atoms with Crippen LogP contribution in [0.1, 0.15) is 25.0 Å². The smallest absolute Gasteiger partial charge is 0.0476 e. The van der Waals surface area contributed by atoms with Crippen LogP contribution in [0.25, 0.3) is 53.6 Å². The summed E-state index contributed by atoms with van der Waals surface area (Å²) in [6, 6.07) is 60.1. The molecule has 2 heteroatoms. The molecule has 0 radical (unpaired) electrons. The molecule has 1 nitrogen and oxygen atoms in total. The van der Waals surface area contributed by atoms with Gasteiger partial charge in [-0.2, -0.15) is 0 Å². The van der Waals surface area contributed by atoms with Gasteiger partial charge in [-0.15, -0.1) is 11.3 Å². The third-order valence-corrected chi connectivity index (χ3v) is 11.0. The number of benzene rings is 7. The van der Waals surface area contributed by atoms with E-state index in [9.17, 15) is 0 Å². The number of hydrogen-bond acceptors (Lipinski definition) is 2. The van der Waals surface area contributed by atoms with Crippen LogP contribution in [0.4, 0.5) is 17.1 Å². The topological polar surface area (TPSA) is 3.24 Å². The molecule has 9 rings (SSSR count). The molecule has 0 atom stereocenters. The van der Waals surface area contributed by atoms with E-state index in [-0.39, 0.29) is 5.41 Å². The summed E-state index contributed by atoms with van der Waals surface area (Å²) in [5, 5.41) is 2.63. The lowest BCUT2D eigenvalue weighted by Crippen LogP contribution is -2.14. The summed E-state index contributed by atoms with van der Waals surface area (Å²) in [6.45, 7) is 4.67. The molecule has 0 unspecified atom stereocenters. The normalized spacial score (nSPS) is 13.1. The fourth-order valence-corrected chi connectivity index (χ4v) is 8.58. The molecule has 1 aliphatic rings. The van der Waals surface area contributed by atoms with Crippen molar-refractivity contribution in [3.8, 4) is 33.4 Å². The molecule has 0 amide bonds. The second-order valence-electron chi connectivity index (χ2n) is 13.0. The predicted octanol–water partition coefficient (Wildman–Crippen LogP) is 13.2. The van der Waals surface area contributed by atoms with E-state index in [4.69, 9.17) is 0 Å². The Bertz CT molecular complexity index is 2410. The first-order valence-electron chi connectivity index (χ1n) is 16.3. The second-order valence-corrected chi connectivity index (χ2v) is 14.1.